The lowest BCUT2D eigenvalue weighted by atomic mass is 9.72. The van der Waals surface area contributed by atoms with Crippen LogP contribution in [0.1, 0.15) is 103 Å². The summed E-state index contributed by atoms with van der Waals surface area (Å²) in [7, 11) is 0. The second kappa shape index (κ2) is 11.9. The first-order valence-corrected chi connectivity index (χ1v) is 10.1. The summed E-state index contributed by atoms with van der Waals surface area (Å²) >= 11 is 0. The largest absolute Gasteiger partial charge is 0.481 e. The van der Waals surface area contributed by atoms with Crippen molar-refractivity contribution in [3.05, 3.63) is 0 Å². The average Bonchev–Trinajstić information content (AvgIpc) is 2.95. The zero-order valence-corrected chi connectivity index (χ0v) is 15.3. The Hall–Kier alpha value is -0.570. The number of hydrogen-bond donors (Lipinski definition) is 2. The number of carboxylic acids is 1. The van der Waals surface area contributed by atoms with Gasteiger partial charge in [0.2, 0.25) is 0 Å². The van der Waals surface area contributed by atoms with Gasteiger partial charge in [0.05, 0.1) is 5.41 Å². The summed E-state index contributed by atoms with van der Waals surface area (Å²) in [5, 5.41) is 9.89. The molecule has 1 fully saturated rings. The molecule has 3 heteroatoms. The number of hydrogen-bond acceptors (Lipinski definition) is 2. The quantitative estimate of drug-likeness (QED) is 0.413. The predicted molar refractivity (Wildman–Crippen MR) is 97.5 cm³/mol. The third-order valence-corrected chi connectivity index (χ3v) is 5.87. The average molecular weight is 326 g/mol. The highest BCUT2D eigenvalue weighted by Gasteiger charge is 2.47. The summed E-state index contributed by atoms with van der Waals surface area (Å²) in [6.45, 7) is 3.00. The number of rotatable bonds is 14. The van der Waals surface area contributed by atoms with Crippen molar-refractivity contribution >= 4 is 5.97 Å². The number of unbranched alkanes of at least 4 members (excludes halogenated alkanes) is 8. The van der Waals surface area contributed by atoms with Gasteiger partial charge in [-0.3, -0.25) is 4.79 Å². The Morgan fingerprint density at radius 3 is 2.39 bits per heavy atom. The Morgan fingerprint density at radius 1 is 1.04 bits per heavy atom. The molecule has 1 aliphatic carbocycles. The molecule has 1 aliphatic rings. The van der Waals surface area contributed by atoms with Crippen molar-refractivity contribution in [2.45, 2.75) is 103 Å². The second-order valence-corrected chi connectivity index (χ2v) is 7.56. The van der Waals surface area contributed by atoms with Crippen LogP contribution in [0, 0.1) is 11.3 Å². The van der Waals surface area contributed by atoms with E-state index in [0.717, 1.165) is 64.3 Å². The number of aliphatic carboxylic acids is 1. The molecule has 0 heterocycles. The monoisotopic (exact) mass is 325 g/mol. The zero-order chi connectivity index (χ0) is 17.0. The van der Waals surface area contributed by atoms with Gasteiger partial charge < -0.3 is 10.8 Å². The van der Waals surface area contributed by atoms with Crippen molar-refractivity contribution in [2.75, 3.05) is 6.54 Å². The molecule has 0 bridgehead atoms. The van der Waals surface area contributed by atoms with E-state index < -0.39 is 11.4 Å². The lowest BCUT2D eigenvalue weighted by Crippen LogP contribution is -2.35. The predicted octanol–water partition coefficient (Wildman–Crippen LogP) is 5.52. The number of nitrogens with two attached hydrogens (primary N) is 1. The zero-order valence-electron chi connectivity index (χ0n) is 15.3. The molecular weight excluding hydrogens is 286 g/mol. The van der Waals surface area contributed by atoms with Crippen molar-refractivity contribution in [1.29, 1.82) is 0 Å². The van der Waals surface area contributed by atoms with E-state index in [1.807, 2.05) is 0 Å². The first-order chi connectivity index (χ1) is 11.2. The Balaban J connectivity index is 2.37. The van der Waals surface area contributed by atoms with E-state index in [1.54, 1.807) is 0 Å². The second-order valence-electron chi connectivity index (χ2n) is 7.56. The van der Waals surface area contributed by atoms with Crippen LogP contribution in [0.15, 0.2) is 0 Å². The molecule has 136 valence electrons. The molecule has 0 aromatic heterocycles. The Bertz CT molecular complexity index is 319. The summed E-state index contributed by atoms with van der Waals surface area (Å²) in [6.07, 6.45) is 17.3. The van der Waals surface area contributed by atoms with Crippen LogP contribution < -0.4 is 5.73 Å². The van der Waals surface area contributed by atoms with Gasteiger partial charge in [0.1, 0.15) is 0 Å². The van der Waals surface area contributed by atoms with Crippen LogP contribution in [0.3, 0.4) is 0 Å². The molecule has 0 radical (unpaired) electrons. The van der Waals surface area contributed by atoms with Crippen molar-refractivity contribution in [3.63, 3.8) is 0 Å². The van der Waals surface area contributed by atoms with Crippen molar-refractivity contribution in [3.8, 4) is 0 Å². The van der Waals surface area contributed by atoms with Crippen molar-refractivity contribution < 1.29 is 9.90 Å². The summed E-state index contributed by atoms with van der Waals surface area (Å²) in [6, 6.07) is 0. The number of carbonyl (C=O) groups is 1. The van der Waals surface area contributed by atoms with Crippen molar-refractivity contribution in [1.82, 2.24) is 0 Å². The maximum Gasteiger partial charge on any atom is 0.309 e. The van der Waals surface area contributed by atoms with Crippen molar-refractivity contribution in [2.24, 2.45) is 17.1 Å². The standard InChI is InChI=1S/C20H39NO2/c1-2-3-4-5-6-9-13-18-14-12-16-20(18,19(22)23)15-10-7-8-11-17-21/h18H,2-17,21H2,1H3,(H,22,23)/t18-,20+/m0/s1. The van der Waals surface area contributed by atoms with Crippen LogP contribution in [-0.4, -0.2) is 17.6 Å². The van der Waals surface area contributed by atoms with Gasteiger partial charge in [-0.05, 0) is 44.6 Å². The third-order valence-electron chi connectivity index (χ3n) is 5.87. The van der Waals surface area contributed by atoms with E-state index >= 15 is 0 Å². The summed E-state index contributed by atoms with van der Waals surface area (Å²) in [5.41, 5.74) is 5.12. The summed E-state index contributed by atoms with van der Waals surface area (Å²) in [4.78, 5) is 12.0. The summed E-state index contributed by atoms with van der Waals surface area (Å²) < 4.78 is 0. The molecule has 1 rings (SSSR count). The molecule has 3 nitrogen and oxygen atoms in total. The van der Waals surface area contributed by atoms with Crippen LogP contribution in [0.4, 0.5) is 0 Å². The smallest absolute Gasteiger partial charge is 0.309 e. The van der Waals surface area contributed by atoms with Gasteiger partial charge in [0.15, 0.2) is 0 Å². The molecule has 0 amide bonds. The number of carboxylic acid groups (broad SMARTS) is 1. The van der Waals surface area contributed by atoms with E-state index in [9.17, 15) is 9.90 Å². The fourth-order valence-corrected chi connectivity index (χ4v) is 4.39. The van der Waals surface area contributed by atoms with Gasteiger partial charge in [0, 0.05) is 0 Å². The highest BCUT2D eigenvalue weighted by Crippen LogP contribution is 2.49. The maximum atomic E-state index is 12.0. The summed E-state index contributed by atoms with van der Waals surface area (Å²) in [5.74, 6) is -0.106. The Morgan fingerprint density at radius 2 is 1.70 bits per heavy atom. The fourth-order valence-electron chi connectivity index (χ4n) is 4.39. The topological polar surface area (TPSA) is 63.3 Å². The Kier molecular flexibility index (Phi) is 10.6. The minimum absolute atomic E-state index is 0.411. The molecule has 23 heavy (non-hydrogen) atoms. The van der Waals surface area contributed by atoms with Crippen LogP contribution >= 0.6 is 0 Å². The molecule has 1 saturated carbocycles. The van der Waals surface area contributed by atoms with E-state index in [0.29, 0.717) is 5.92 Å². The fraction of sp³-hybridized carbons (Fsp3) is 0.950. The van der Waals surface area contributed by atoms with Crippen LogP contribution in [0.2, 0.25) is 0 Å². The van der Waals surface area contributed by atoms with E-state index in [4.69, 9.17) is 5.73 Å². The van der Waals surface area contributed by atoms with E-state index in [-0.39, 0.29) is 0 Å². The molecule has 0 saturated heterocycles. The van der Waals surface area contributed by atoms with Crippen LogP contribution in [0.5, 0.6) is 0 Å². The minimum atomic E-state index is -0.523. The molecule has 0 aliphatic heterocycles. The third kappa shape index (κ3) is 6.82. The molecule has 2 atom stereocenters. The molecule has 0 spiro atoms. The van der Waals surface area contributed by atoms with E-state index in [2.05, 4.69) is 6.92 Å². The molecule has 0 aromatic rings. The van der Waals surface area contributed by atoms with Gasteiger partial charge in [-0.2, -0.15) is 0 Å². The first-order valence-electron chi connectivity index (χ1n) is 10.1. The maximum absolute atomic E-state index is 12.0. The SMILES string of the molecule is CCCCCCCC[C@H]1CCC[C@@]1(CCCCCCN)C(=O)O. The molecule has 3 N–H and O–H groups in total. The Labute approximate surface area is 143 Å². The normalized spacial score (nSPS) is 24.2. The van der Waals surface area contributed by atoms with Gasteiger partial charge >= 0.3 is 5.97 Å². The lowest BCUT2D eigenvalue weighted by molar-refractivity contribution is -0.152. The molecular formula is C20H39NO2. The van der Waals surface area contributed by atoms with E-state index in [1.165, 1.54) is 38.5 Å². The van der Waals surface area contributed by atoms with Gasteiger partial charge in [0.25, 0.3) is 0 Å². The minimum Gasteiger partial charge on any atom is -0.481 e. The van der Waals surface area contributed by atoms with Crippen LogP contribution in [-0.2, 0) is 4.79 Å². The molecule has 0 unspecified atom stereocenters. The molecule has 0 aromatic carbocycles. The highest BCUT2D eigenvalue weighted by atomic mass is 16.4. The van der Waals surface area contributed by atoms with Gasteiger partial charge in [-0.1, -0.05) is 71.1 Å². The lowest BCUT2D eigenvalue weighted by Gasteiger charge is -2.31. The van der Waals surface area contributed by atoms with Gasteiger partial charge in [-0.25, -0.2) is 0 Å². The van der Waals surface area contributed by atoms with Gasteiger partial charge in [-0.15, -0.1) is 0 Å². The highest BCUT2D eigenvalue weighted by molar-refractivity contribution is 5.75. The first kappa shape index (κ1) is 20.5. The van der Waals surface area contributed by atoms with Crippen LogP contribution in [0.25, 0.3) is 0 Å².